The largest absolute Gasteiger partial charge is 0.493 e. The summed E-state index contributed by atoms with van der Waals surface area (Å²) < 4.78 is 32.7. The van der Waals surface area contributed by atoms with Crippen LogP contribution in [0.15, 0.2) is 36.5 Å². The molecule has 3 heterocycles. The third kappa shape index (κ3) is 4.30. The molecule has 0 aliphatic carbocycles. The Labute approximate surface area is 191 Å². The van der Waals surface area contributed by atoms with Gasteiger partial charge in [0.15, 0.2) is 28.8 Å². The summed E-state index contributed by atoms with van der Waals surface area (Å²) >= 11 is 0. The van der Waals surface area contributed by atoms with Crippen LogP contribution in [0.1, 0.15) is 18.5 Å². The average Bonchev–Trinajstić information content (AvgIpc) is 3.21. The minimum Gasteiger partial charge on any atom is -0.493 e. The van der Waals surface area contributed by atoms with Gasteiger partial charge >= 0.3 is 0 Å². The summed E-state index contributed by atoms with van der Waals surface area (Å²) in [7, 11) is 3.74. The van der Waals surface area contributed by atoms with E-state index in [0.29, 0.717) is 46.1 Å². The lowest BCUT2D eigenvalue weighted by atomic mass is 9.98. The molecule has 1 fully saturated rings. The molecule has 0 saturated carbocycles. The smallest absolute Gasteiger partial charge is 0.175 e. The first-order valence-electron chi connectivity index (χ1n) is 11.1. The summed E-state index contributed by atoms with van der Waals surface area (Å²) in [4.78, 5) is 5.46. The lowest BCUT2D eigenvalue weighted by molar-refractivity contribution is 0.157. The number of rotatable bonds is 6. The maximum atomic E-state index is 15.1. The van der Waals surface area contributed by atoms with E-state index < -0.39 is 5.82 Å². The summed E-state index contributed by atoms with van der Waals surface area (Å²) in [5.74, 6) is 1.79. The fourth-order valence-electron chi connectivity index (χ4n) is 4.32. The molecule has 7 nitrogen and oxygen atoms in total. The van der Waals surface area contributed by atoms with Crippen LogP contribution in [0.2, 0.25) is 0 Å². The Balaban J connectivity index is 1.43. The van der Waals surface area contributed by atoms with E-state index in [-0.39, 0.29) is 5.75 Å². The number of hydrogen-bond acceptors (Lipinski definition) is 6. The minimum atomic E-state index is -0.424. The van der Waals surface area contributed by atoms with Gasteiger partial charge in [-0.2, -0.15) is 10.2 Å². The molecule has 0 radical (unpaired) electrons. The van der Waals surface area contributed by atoms with Crippen LogP contribution in [0, 0.1) is 18.7 Å². The number of aromatic amines is 1. The van der Waals surface area contributed by atoms with Crippen molar-refractivity contribution in [3.63, 3.8) is 0 Å². The molecule has 0 spiro atoms. The summed E-state index contributed by atoms with van der Waals surface area (Å²) in [6, 6.07) is 8.78. The van der Waals surface area contributed by atoms with E-state index in [1.54, 1.807) is 37.4 Å². The van der Waals surface area contributed by atoms with Gasteiger partial charge in [0.2, 0.25) is 0 Å². The topological polar surface area (TPSA) is 72.5 Å². The van der Waals surface area contributed by atoms with Crippen LogP contribution >= 0.6 is 0 Å². The molecule has 5 rings (SSSR count). The fraction of sp³-hybridized carbons (Fsp3) is 0.360. The van der Waals surface area contributed by atoms with Gasteiger partial charge in [0.05, 0.1) is 25.3 Å². The number of hydrogen-bond donors (Lipinski definition) is 1. The molecule has 33 heavy (non-hydrogen) atoms. The number of fused-ring (bicyclic) bond motifs is 2. The zero-order valence-corrected chi connectivity index (χ0v) is 19.0. The molecule has 0 unspecified atom stereocenters. The number of nitrogens with one attached hydrogen (secondary N) is 1. The van der Waals surface area contributed by atoms with Crippen LogP contribution < -0.4 is 14.2 Å². The molecule has 1 N–H and O–H groups in total. The second kappa shape index (κ2) is 8.86. The Kier molecular flexibility index (Phi) is 5.76. The standard InChI is InChI=1S/C25H27FN4O3/c1-15-10-18-19(28-15)4-5-21(25(18)26)33-24-13-27-29-20-12-23(22(31-3)11-17(20)24)32-14-16-6-8-30(2)9-7-16/h4-5,10-13,16,28H,6-9,14H2,1-3H3. The first-order valence-corrected chi connectivity index (χ1v) is 11.1. The van der Waals surface area contributed by atoms with E-state index >= 15 is 4.39 Å². The number of benzene rings is 2. The Morgan fingerprint density at radius 2 is 1.88 bits per heavy atom. The zero-order chi connectivity index (χ0) is 22.9. The van der Waals surface area contributed by atoms with Gasteiger partial charge in [-0.1, -0.05) is 0 Å². The van der Waals surface area contributed by atoms with Gasteiger partial charge in [-0.15, -0.1) is 0 Å². The van der Waals surface area contributed by atoms with Crippen molar-refractivity contribution in [1.29, 1.82) is 0 Å². The Morgan fingerprint density at radius 3 is 2.67 bits per heavy atom. The van der Waals surface area contributed by atoms with E-state index in [9.17, 15) is 0 Å². The van der Waals surface area contributed by atoms with Gasteiger partial charge in [-0.05, 0) is 70.1 Å². The lowest BCUT2D eigenvalue weighted by Crippen LogP contribution is -2.32. The molecule has 0 amide bonds. The van der Waals surface area contributed by atoms with E-state index in [1.165, 1.54) is 6.20 Å². The maximum Gasteiger partial charge on any atom is 0.175 e. The van der Waals surface area contributed by atoms with Crippen LogP contribution in [-0.2, 0) is 0 Å². The first-order chi connectivity index (χ1) is 16.0. The minimum absolute atomic E-state index is 0.123. The number of piperidine rings is 1. The van der Waals surface area contributed by atoms with Gasteiger partial charge in [-0.25, -0.2) is 4.39 Å². The first kappa shape index (κ1) is 21.5. The summed E-state index contributed by atoms with van der Waals surface area (Å²) in [6.07, 6.45) is 3.70. The number of aryl methyl sites for hydroxylation is 1. The molecule has 172 valence electrons. The molecule has 0 bridgehead atoms. The van der Waals surface area contributed by atoms with Crippen molar-refractivity contribution in [3.8, 4) is 23.0 Å². The van der Waals surface area contributed by atoms with Gasteiger partial charge < -0.3 is 24.1 Å². The number of methoxy groups -OCH3 is 1. The maximum absolute atomic E-state index is 15.1. The lowest BCUT2D eigenvalue weighted by Gasteiger charge is -2.28. The van der Waals surface area contributed by atoms with E-state index in [4.69, 9.17) is 14.2 Å². The Bertz CT molecular complexity index is 1300. The molecular formula is C25H27FN4O3. The number of halogens is 1. The van der Waals surface area contributed by atoms with Crippen LogP contribution in [0.4, 0.5) is 4.39 Å². The highest BCUT2D eigenvalue weighted by atomic mass is 19.1. The summed E-state index contributed by atoms with van der Waals surface area (Å²) in [6.45, 7) is 4.68. The predicted molar refractivity (Wildman–Crippen MR) is 125 cm³/mol. The highest BCUT2D eigenvalue weighted by Gasteiger charge is 2.20. The highest BCUT2D eigenvalue weighted by molar-refractivity contribution is 5.88. The molecule has 8 heteroatoms. The summed E-state index contributed by atoms with van der Waals surface area (Å²) in [5, 5.41) is 9.43. The second-order valence-electron chi connectivity index (χ2n) is 8.68. The number of H-pyrrole nitrogens is 1. The van der Waals surface area contributed by atoms with Crippen LogP contribution in [0.5, 0.6) is 23.0 Å². The van der Waals surface area contributed by atoms with Crippen LogP contribution in [0.25, 0.3) is 21.8 Å². The Hall–Kier alpha value is -3.39. The number of ether oxygens (including phenoxy) is 3. The normalized spacial score (nSPS) is 15.3. The van der Waals surface area contributed by atoms with Crippen molar-refractivity contribution in [3.05, 3.63) is 48.0 Å². The Morgan fingerprint density at radius 1 is 1.06 bits per heavy atom. The fourth-order valence-corrected chi connectivity index (χ4v) is 4.32. The predicted octanol–water partition coefficient (Wildman–Crippen LogP) is 5.08. The molecule has 1 saturated heterocycles. The van der Waals surface area contributed by atoms with Gasteiger partial charge in [0.25, 0.3) is 0 Å². The van der Waals surface area contributed by atoms with Crippen molar-refractivity contribution in [2.45, 2.75) is 19.8 Å². The van der Waals surface area contributed by atoms with E-state index in [0.717, 1.165) is 37.1 Å². The molecule has 2 aromatic heterocycles. The number of nitrogens with zero attached hydrogens (tertiary/aromatic N) is 3. The average molecular weight is 451 g/mol. The van der Waals surface area contributed by atoms with E-state index in [2.05, 4.69) is 27.1 Å². The summed E-state index contributed by atoms with van der Waals surface area (Å²) in [5.41, 5.74) is 2.20. The van der Waals surface area contributed by atoms with Crippen LogP contribution in [0.3, 0.4) is 0 Å². The second-order valence-corrected chi connectivity index (χ2v) is 8.68. The highest BCUT2D eigenvalue weighted by Crippen LogP contribution is 2.38. The van der Waals surface area contributed by atoms with Crippen LogP contribution in [-0.4, -0.2) is 53.9 Å². The van der Waals surface area contributed by atoms with Crippen molar-refractivity contribution >= 4 is 21.8 Å². The molecule has 1 aliphatic heterocycles. The molecular weight excluding hydrogens is 423 g/mol. The third-order valence-electron chi connectivity index (χ3n) is 6.26. The van der Waals surface area contributed by atoms with Gasteiger partial charge in [0, 0.05) is 22.7 Å². The van der Waals surface area contributed by atoms with Crippen molar-refractivity contribution in [1.82, 2.24) is 20.1 Å². The SMILES string of the molecule is COc1cc2c(Oc3ccc4[nH]c(C)cc4c3F)cnnc2cc1OCC1CCN(C)CC1. The van der Waals surface area contributed by atoms with E-state index in [1.807, 2.05) is 6.92 Å². The van der Waals surface area contributed by atoms with Crippen molar-refractivity contribution < 1.29 is 18.6 Å². The molecule has 2 aromatic carbocycles. The molecule has 4 aromatic rings. The zero-order valence-electron chi connectivity index (χ0n) is 19.0. The van der Waals surface area contributed by atoms with Crippen molar-refractivity contribution in [2.24, 2.45) is 5.92 Å². The monoisotopic (exact) mass is 450 g/mol. The number of likely N-dealkylation sites (tertiary alicyclic amines) is 1. The quantitative estimate of drug-likeness (QED) is 0.442. The molecule has 1 aliphatic rings. The molecule has 0 atom stereocenters. The third-order valence-corrected chi connectivity index (χ3v) is 6.26. The number of aromatic nitrogens is 3. The van der Waals surface area contributed by atoms with Gasteiger partial charge in [0.1, 0.15) is 5.52 Å². The van der Waals surface area contributed by atoms with Gasteiger partial charge in [-0.3, -0.25) is 0 Å². The van der Waals surface area contributed by atoms with Crippen molar-refractivity contribution in [2.75, 3.05) is 33.9 Å².